The molecule has 104 valence electrons. The molecule has 1 aromatic heterocycles. The van der Waals surface area contributed by atoms with Crippen LogP contribution in [0.4, 0.5) is 5.69 Å². The standard InChI is InChI=1S/C15H15NO4/c1-9-4-5-13(12(8-9)15(18)19-3)16-14(17)11-6-7-20-10(11)2/h4-8H,1-3H3,(H,16,17). The lowest BCUT2D eigenvalue weighted by Crippen LogP contribution is -2.15. The molecule has 0 bridgehead atoms. The van der Waals surface area contributed by atoms with Crippen LogP contribution < -0.4 is 5.32 Å². The SMILES string of the molecule is COC(=O)c1cc(C)ccc1NC(=O)c1ccoc1C. The summed E-state index contributed by atoms with van der Waals surface area (Å²) in [6, 6.07) is 6.74. The summed E-state index contributed by atoms with van der Waals surface area (Å²) < 4.78 is 9.81. The molecule has 0 spiro atoms. The van der Waals surface area contributed by atoms with E-state index in [-0.39, 0.29) is 5.91 Å². The van der Waals surface area contributed by atoms with Crippen molar-refractivity contribution >= 4 is 17.6 Å². The number of ether oxygens (including phenoxy) is 1. The maximum Gasteiger partial charge on any atom is 0.339 e. The molecule has 1 N–H and O–H groups in total. The molecular formula is C15H15NO4. The van der Waals surface area contributed by atoms with Crippen LogP contribution in [0, 0.1) is 13.8 Å². The maximum absolute atomic E-state index is 12.1. The Balaban J connectivity index is 2.32. The van der Waals surface area contributed by atoms with Gasteiger partial charge in [0, 0.05) is 0 Å². The van der Waals surface area contributed by atoms with Crippen LogP contribution in [0.15, 0.2) is 34.9 Å². The molecule has 0 unspecified atom stereocenters. The molecule has 0 saturated heterocycles. The van der Waals surface area contributed by atoms with E-state index in [1.165, 1.54) is 13.4 Å². The van der Waals surface area contributed by atoms with E-state index in [4.69, 9.17) is 9.15 Å². The van der Waals surface area contributed by atoms with Gasteiger partial charge < -0.3 is 14.5 Å². The average molecular weight is 273 g/mol. The summed E-state index contributed by atoms with van der Waals surface area (Å²) in [5, 5.41) is 2.70. The van der Waals surface area contributed by atoms with Crippen molar-refractivity contribution in [2.45, 2.75) is 13.8 Å². The van der Waals surface area contributed by atoms with Gasteiger partial charge in [0.15, 0.2) is 0 Å². The molecule has 1 aromatic carbocycles. The van der Waals surface area contributed by atoms with Crippen LogP contribution in [0.3, 0.4) is 0 Å². The average Bonchev–Trinajstić information content (AvgIpc) is 2.86. The highest BCUT2D eigenvalue weighted by Gasteiger charge is 2.17. The first-order valence-corrected chi connectivity index (χ1v) is 6.07. The molecule has 0 aliphatic heterocycles. The van der Waals surface area contributed by atoms with Gasteiger partial charge in [0.25, 0.3) is 5.91 Å². The lowest BCUT2D eigenvalue weighted by atomic mass is 10.1. The third kappa shape index (κ3) is 2.71. The fourth-order valence-electron chi connectivity index (χ4n) is 1.86. The number of anilines is 1. The molecule has 5 nitrogen and oxygen atoms in total. The molecule has 20 heavy (non-hydrogen) atoms. The molecular weight excluding hydrogens is 258 g/mol. The zero-order valence-electron chi connectivity index (χ0n) is 11.5. The summed E-state index contributed by atoms with van der Waals surface area (Å²) in [6.07, 6.45) is 1.45. The van der Waals surface area contributed by atoms with E-state index in [1.807, 2.05) is 13.0 Å². The van der Waals surface area contributed by atoms with Gasteiger partial charge in [-0.15, -0.1) is 0 Å². The van der Waals surface area contributed by atoms with E-state index in [9.17, 15) is 9.59 Å². The largest absolute Gasteiger partial charge is 0.469 e. The maximum atomic E-state index is 12.1. The summed E-state index contributed by atoms with van der Waals surface area (Å²) in [5.74, 6) is -0.299. The predicted molar refractivity (Wildman–Crippen MR) is 73.9 cm³/mol. The number of carbonyl (C=O) groups excluding carboxylic acids is 2. The Bertz CT molecular complexity index is 658. The van der Waals surface area contributed by atoms with Gasteiger partial charge in [-0.25, -0.2) is 4.79 Å². The smallest absolute Gasteiger partial charge is 0.339 e. The van der Waals surface area contributed by atoms with E-state index in [2.05, 4.69) is 5.32 Å². The molecule has 0 fully saturated rings. The lowest BCUT2D eigenvalue weighted by molar-refractivity contribution is 0.0602. The second-order valence-electron chi connectivity index (χ2n) is 4.39. The third-order valence-electron chi connectivity index (χ3n) is 2.93. The van der Waals surface area contributed by atoms with Gasteiger partial charge in [0.05, 0.1) is 30.2 Å². The number of hydrogen-bond donors (Lipinski definition) is 1. The second-order valence-corrected chi connectivity index (χ2v) is 4.39. The Hall–Kier alpha value is -2.56. The van der Waals surface area contributed by atoms with Gasteiger partial charge in [-0.1, -0.05) is 11.6 Å². The van der Waals surface area contributed by atoms with Gasteiger partial charge in [0.2, 0.25) is 0 Å². The molecule has 0 aliphatic rings. The van der Waals surface area contributed by atoms with E-state index in [0.717, 1.165) is 5.56 Å². The zero-order valence-corrected chi connectivity index (χ0v) is 11.5. The van der Waals surface area contributed by atoms with Crippen LogP contribution in [-0.4, -0.2) is 19.0 Å². The van der Waals surface area contributed by atoms with Crippen molar-refractivity contribution in [3.8, 4) is 0 Å². The van der Waals surface area contributed by atoms with Crippen LogP contribution in [0.2, 0.25) is 0 Å². The van der Waals surface area contributed by atoms with Crippen molar-refractivity contribution in [1.29, 1.82) is 0 Å². The van der Waals surface area contributed by atoms with Crippen LogP contribution >= 0.6 is 0 Å². The number of benzene rings is 1. The van der Waals surface area contributed by atoms with Crippen molar-refractivity contribution < 1.29 is 18.7 Å². The van der Waals surface area contributed by atoms with E-state index >= 15 is 0 Å². The quantitative estimate of drug-likeness (QED) is 0.873. The topological polar surface area (TPSA) is 68.5 Å². The fourth-order valence-corrected chi connectivity index (χ4v) is 1.86. The molecule has 2 aromatic rings. The molecule has 1 heterocycles. The summed E-state index contributed by atoms with van der Waals surface area (Å²) in [7, 11) is 1.30. The third-order valence-corrected chi connectivity index (χ3v) is 2.93. The van der Waals surface area contributed by atoms with Crippen LogP contribution in [0.1, 0.15) is 32.0 Å². The molecule has 5 heteroatoms. The Labute approximate surface area is 116 Å². The van der Waals surface area contributed by atoms with Gasteiger partial charge >= 0.3 is 5.97 Å². The molecule has 0 atom stereocenters. The first kappa shape index (κ1) is 13.9. The highest BCUT2D eigenvalue weighted by atomic mass is 16.5. The Kier molecular flexibility index (Phi) is 3.89. The number of nitrogens with one attached hydrogen (secondary N) is 1. The number of carbonyl (C=O) groups is 2. The van der Waals surface area contributed by atoms with Crippen molar-refractivity contribution in [3.63, 3.8) is 0 Å². The minimum absolute atomic E-state index is 0.321. The highest BCUT2D eigenvalue weighted by molar-refractivity contribution is 6.08. The molecule has 0 aliphatic carbocycles. The number of furan rings is 1. The normalized spacial score (nSPS) is 10.2. The van der Waals surface area contributed by atoms with Crippen LogP contribution in [-0.2, 0) is 4.74 Å². The van der Waals surface area contributed by atoms with Crippen molar-refractivity contribution in [1.82, 2.24) is 0 Å². The fraction of sp³-hybridized carbons (Fsp3) is 0.200. The second kappa shape index (κ2) is 5.61. The number of methoxy groups -OCH3 is 1. The molecule has 2 rings (SSSR count). The first-order chi connectivity index (χ1) is 9.52. The number of rotatable bonds is 3. The van der Waals surface area contributed by atoms with Crippen molar-refractivity contribution in [2.24, 2.45) is 0 Å². The van der Waals surface area contributed by atoms with Gasteiger partial charge in [-0.3, -0.25) is 4.79 Å². The summed E-state index contributed by atoms with van der Waals surface area (Å²) in [6.45, 7) is 3.56. The van der Waals surface area contributed by atoms with Crippen LogP contribution in [0.5, 0.6) is 0 Å². The van der Waals surface area contributed by atoms with Gasteiger partial charge in [-0.2, -0.15) is 0 Å². The molecule has 0 radical (unpaired) electrons. The number of esters is 1. The Morgan fingerprint density at radius 3 is 2.50 bits per heavy atom. The summed E-state index contributed by atoms with van der Waals surface area (Å²) in [4.78, 5) is 23.9. The Morgan fingerprint density at radius 2 is 1.90 bits per heavy atom. The van der Waals surface area contributed by atoms with E-state index in [1.54, 1.807) is 25.1 Å². The highest BCUT2D eigenvalue weighted by Crippen LogP contribution is 2.20. The molecule has 0 saturated carbocycles. The van der Waals surface area contributed by atoms with Crippen molar-refractivity contribution in [3.05, 3.63) is 53.0 Å². The monoisotopic (exact) mass is 273 g/mol. The number of aryl methyl sites for hydroxylation is 2. The van der Waals surface area contributed by atoms with Gasteiger partial charge in [0.1, 0.15) is 5.76 Å². The number of amides is 1. The minimum Gasteiger partial charge on any atom is -0.469 e. The summed E-state index contributed by atoms with van der Waals surface area (Å²) in [5.41, 5.74) is 2.07. The molecule has 1 amide bonds. The van der Waals surface area contributed by atoms with Crippen molar-refractivity contribution in [2.75, 3.05) is 12.4 Å². The van der Waals surface area contributed by atoms with E-state index < -0.39 is 5.97 Å². The van der Waals surface area contributed by atoms with E-state index in [0.29, 0.717) is 22.6 Å². The zero-order chi connectivity index (χ0) is 14.7. The summed E-state index contributed by atoms with van der Waals surface area (Å²) >= 11 is 0. The predicted octanol–water partition coefficient (Wildman–Crippen LogP) is 2.94. The first-order valence-electron chi connectivity index (χ1n) is 6.07. The Morgan fingerprint density at radius 1 is 1.15 bits per heavy atom. The minimum atomic E-state index is -0.493. The van der Waals surface area contributed by atoms with Gasteiger partial charge in [-0.05, 0) is 32.0 Å². The number of hydrogen-bond acceptors (Lipinski definition) is 4. The lowest BCUT2D eigenvalue weighted by Gasteiger charge is -2.10. The van der Waals surface area contributed by atoms with Crippen LogP contribution in [0.25, 0.3) is 0 Å².